The van der Waals surface area contributed by atoms with Gasteiger partial charge in [0, 0.05) is 32.1 Å². The standard InChI is InChI=1S/C19H23N7O/c1-14-5-6-15(20-13-14)21-19(27)10-9-17-23-22-16-7-8-18(24-26(16)17)25-11-3-2-4-12-25/h5-8,13H,2-4,9-12H2,1H3,(H,20,21,27). The molecule has 0 radical (unpaired) electrons. The Kier molecular flexibility index (Phi) is 4.95. The summed E-state index contributed by atoms with van der Waals surface area (Å²) in [4.78, 5) is 18.7. The summed E-state index contributed by atoms with van der Waals surface area (Å²) in [6, 6.07) is 7.64. The van der Waals surface area contributed by atoms with Crippen LogP contribution in [0.5, 0.6) is 0 Å². The van der Waals surface area contributed by atoms with Gasteiger partial charge in [0.1, 0.15) is 11.6 Å². The number of anilines is 2. The van der Waals surface area contributed by atoms with Crippen LogP contribution < -0.4 is 10.2 Å². The predicted molar refractivity (Wildman–Crippen MR) is 103 cm³/mol. The van der Waals surface area contributed by atoms with Gasteiger partial charge in [-0.25, -0.2) is 4.98 Å². The van der Waals surface area contributed by atoms with E-state index < -0.39 is 0 Å². The quantitative estimate of drug-likeness (QED) is 0.747. The number of carbonyl (C=O) groups excluding carboxylic acids is 1. The fraction of sp³-hybridized carbons (Fsp3) is 0.421. The highest BCUT2D eigenvalue weighted by molar-refractivity contribution is 5.89. The van der Waals surface area contributed by atoms with Crippen molar-refractivity contribution in [3.05, 3.63) is 41.9 Å². The maximum Gasteiger partial charge on any atom is 0.225 e. The third kappa shape index (κ3) is 4.05. The summed E-state index contributed by atoms with van der Waals surface area (Å²) >= 11 is 0. The molecule has 1 amide bonds. The van der Waals surface area contributed by atoms with Gasteiger partial charge in [-0.3, -0.25) is 4.79 Å². The summed E-state index contributed by atoms with van der Waals surface area (Å²) < 4.78 is 1.75. The van der Waals surface area contributed by atoms with E-state index in [1.165, 1.54) is 19.3 Å². The zero-order chi connectivity index (χ0) is 18.6. The van der Waals surface area contributed by atoms with Crippen molar-refractivity contribution in [3.63, 3.8) is 0 Å². The van der Waals surface area contributed by atoms with Gasteiger partial charge in [-0.2, -0.15) is 4.52 Å². The van der Waals surface area contributed by atoms with Gasteiger partial charge in [0.25, 0.3) is 0 Å². The Morgan fingerprint density at radius 3 is 2.74 bits per heavy atom. The summed E-state index contributed by atoms with van der Waals surface area (Å²) in [5, 5.41) is 15.9. The average molecular weight is 365 g/mol. The van der Waals surface area contributed by atoms with Crippen molar-refractivity contribution < 1.29 is 4.79 Å². The minimum absolute atomic E-state index is 0.102. The lowest BCUT2D eigenvalue weighted by Gasteiger charge is -2.27. The largest absolute Gasteiger partial charge is 0.355 e. The van der Waals surface area contributed by atoms with E-state index in [0.29, 0.717) is 30.1 Å². The summed E-state index contributed by atoms with van der Waals surface area (Å²) in [7, 11) is 0. The van der Waals surface area contributed by atoms with E-state index in [9.17, 15) is 4.79 Å². The molecule has 1 saturated heterocycles. The molecule has 8 nitrogen and oxygen atoms in total. The Hall–Kier alpha value is -3.03. The fourth-order valence-corrected chi connectivity index (χ4v) is 3.24. The molecule has 1 fully saturated rings. The number of piperidine rings is 1. The molecular formula is C19H23N7O. The molecule has 0 atom stereocenters. The van der Waals surface area contributed by atoms with Gasteiger partial charge in [-0.15, -0.1) is 15.3 Å². The lowest BCUT2D eigenvalue weighted by Crippen LogP contribution is -2.30. The Bertz CT molecular complexity index is 929. The predicted octanol–water partition coefficient (Wildman–Crippen LogP) is 2.39. The molecule has 0 bridgehead atoms. The van der Waals surface area contributed by atoms with Gasteiger partial charge in [-0.05, 0) is 49.9 Å². The molecule has 8 heteroatoms. The number of amides is 1. The van der Waals surface area contributed by atoms with Crippen molar-refractivity contribution in [2.75, 3.05) is 23.3 Å². The Balaban J connectivity index is 1.43. The maximum absolute atomic E-state index is 12.2. The van der Waals surface area contributed by atoms with Crippen molar-refractivity contribution in [1.82, 2.24) is 24.8 Å². The van der Waals surface area contributed by atoms with E-state index in [-0.39, 0.29) is 5.91 Å². The lowest BCUT2D eigenvalue weighted by molar-refractivity contribution is -0.116. The number of hydrogen-bond donors (Lipinski definition) is 1. The molecule has 0 spiro atoms. The molecular weight excluding hydrogens is 342 g/mol. The second kappa shape index (κ2) is 7.69. The number of rotatable bonds is 5. The molecule has 140 valence electrons. The van der Waals surface area contributed by atoms with Crippen molar-refractivity contribution >= 4 is 23.2 Å². The van der Waals surface area contributed by atoms with Crippen LogP contribution in [-0.2, 0) is 11.2 Å². The highest BCUT2D eigenvalue weighted by atomic mass is 16.1. The van der Waals surface area contributed by atoms with E-state index in [4.69, 9.17) is 5.10 Å². The number of aromatic nitrogens is 5. The normalized spacial score (nSPS) is 14.5. The number of aryl methyl sites for hydroxylation is 2. The number of nitrogens with one attached hydrogen (secondary N) is 1. The highest BCUT2D eigenvalue weighted by Crippen LogP contribution is 2.18. The first-order chi connectivity index (χ1) is 13.2. The van der Waals surface area contributed by atoms with Gasteiger partial charge < -0.3 is 10.2 Å². The minimum Gasteiger partial charge on any atom is -0.355 e. The molecule has 4 heterocycles. The van der Waals surface area contributed by atoms with Gasteiger partial charge in [0.2, 0.25) is 5.91 Å². The first-order valence-electron chi connectivity index (χ1n) is 9.38. The monoisotopic (exact) mass is 365 g/mol. The highest BCUT2D eigenvalue weighted by Gasteiger charge is 2.15. The molecule has 3 aromatic rings. The van der Waals surface area contributed by atoms with Crippen LogP contribution in [0.2, 0.25) is 0 Å². The van der Waals surface area contributed by atoms with E-state index in [1.54, 1.807) is 16.8 Å². The molecule has 3 aromatic heterocycles. The Morgan fingerprint density at radius 2 is 1.96 bits per heavy atom. The zero-order valence-corrected chi connectivity index (χ0v) is 15.4. The van der Waals surface area contributed by atoms with Gasteiger partial charge in [-0.1, -0.05) is 6.07 Å². The second-order valence-electron chi connectivity index (χ2n) is 6.89. The number of hydrogen-bond acceptors (Lipinski definition) is 6. The SMILES string of the molecule is Cc1ccc(NC(=O)CCc2nnc3ccc(N4CCCCC4)nn23)nc1. The molecule has 0 aliphatic carbocycles. The van der Waals surface area contributed by atoms with Crippen molar-refractivity contribution in [1.29, 1.82) is 0 Å². The van der Waals surface area contributed by atoms with Crippen LogP contribution in [0.1, 0.15) is 37.1 Å². The molecule has 27 heavy (non-hydrogen) atoms. The van der Waals surface area contributed by atoms with Crippen LogP contribution in [0.25, 0.3) is 5.65 Å². The van der Waals surface area contributed by atoms with Crippen molar-refractivity contribution in [2.24, 2.45) is 0 Å². The van der Waals surface area contributed by atoms with Crippen LogP contribution in [0.15, 0.2) is 30.5 Å². The summed E-state index contributed by atoms with van der Waals surface area (Å²) in [5.41, 5.74) is 1.75. The molecule has 0 unspecified atom stereocenters. The summed E-state index contributed by atoms with van der Waals surface area (Å²) in [6.07, 6.45) is 6.17. The van der Waals surface area contributed by atoms with E-state index in [1.807, 2.05) is 25.1 Å². The number of pyridine rings is 1. The average Bonchev–Trinajstić information content (AvgIpc) is 3.11. The molecule has 1 aliphatic rings. The third-order valence-corrected chi connectivity index (χ3v) is 4.75. The van der Waals surface area contributed by atoms with Gasteiger partial charge >= 0.3 is 0 Å². The van der Waals surface area contributed by atoms with Crippen LogP contribution >= 0.6 is 0 Å². The smallest absolute Gasteiger partial charge is 0.225 e. The molecule has 0 saturated carbocycles. The van der Waals surface area contributed by atoms with Crippen molar-refractivity contribution in [3.8, 4) is 0 Å². The van der Waals surface area contributed by atoms with Gasteiger partial charge in [0.05, 0.1) is 0 Å². The second-order valence-corrected chi connectivity index (χ2v) is 6.89. The van der Waals surface area contributed by atoms with E-state index >= 15 is 0 Å². The first kappa shape index (κ1) is 17.4. The minimum atomic E-state index is -0.102. The Morgan fingerprint density at radius 1 is 1.11 bits per heavy atom. The molecule has 1 aliphatic heterocycles. The van der Waals surface area contributed by atoms with Crippen LogP contribution in [0, 0.1) is 6.92 Å². The van der Waals surface area contributed by atoms with Gasteiger partial charge in [0.15, 0.2) is 11.5 Å². The van der Waals surface area contributed by atoms with E-state index in [0.717, 1.165) is 24.5 Å². The molecule has 4 rings (SSSR count). The van der Waals surface area contributed by atoms with Crippen LogP contribution in [0.4, 0.5) is 11.6 Å². The lowest BCUT2D eigenvalue weighted by atomic mass is 10.1. The summed E-state index contributed by atoms with van der Waals surface area (Å²) in [5.74, 6) is 2.09. The Labute approximate surface area is 157 Å². The van der Waals surface area contributed by atoms with E-state index in [2.05, 4.69) is 25.4 Å². The van der Waals surface area contributed by atoms with Crippen molar-refractivity contribution in [2.45, 2.75) is 39.0 Å². The molecule has 1 N–H and O–H groups in total. The zero-order valence-electron chi connectivity index (χ0n) is 15.4. The maximum atomic E-state index is 12.2. The third-order valence-electron chi connectivity index (χ3n) is 4.75. The fourth-order valence-electron chi connectivity index (χ4n) is 3.24. The van der Waals surface area contributed by atoms with Crippen LogP contribution in [0.3, 0.4) is 0 Å². The topological polar surface area (TPSA) is 88.3 Å². The number of carbonyl (C=O) groups is 1. The number of fused-ring (bicyclic) bond motifs is 1. The molecule has 0 aromatic carbocycles. The van der Waals surface area contributed by atoms with Crippen LogP contribution in [-0.4, -0.2) is 43.8 Å². The number of nitrogens with zero attached hydrogens (tertiary/aromatic N) is 6. The summed E-state index contributed by atoms with van der Waals surface area (Å²) in [6.45, 7) is 4.02. The first-order valence-corrected chi connectivity index (χ1v) is 9.38.